The number of hydrogen-bond acceptors (Lipinski definition) is 4. The van der Waals surface area contributed by atoms with Gasteiger partial charge in [-0.25, -0.2) is 4.98 Å². The van der Waals surface area contributed by atoms with Crippen LogP contribution in [-0.2, 0) is 0 Å². The summed E-state index contributed by atoms with van der Waals surface area (Å²) in [5.74, 6) is 0.763. The number of carbonyl (C=O) groups is 1. The van der Waals surface area contributed by atoms with Gasteiger partial charge in [-0.15, -0.1) is 0 Å². The fraction of sp³-hybridized carbons (Fsp3) is 0.400. The van der Waals surface area contributed by atoms with Crippen molar-refractivity contribution in [2.75, 3.05) is 39.0 Å². The molecule has 0 radical (unpaired) electrons. The average molecular weight is 338 g/mol. The molecular weight excluding hydrogens is 312 g/mol. The minimum atomic E-state index is -0.0317. The lowest BCUT2D eigenvalue weighted by atomic mass is 10.1. The Morgan fingerprint density at radius 2 is 1.88 bits per heavy atom. The molecule has 132 valence electrons. The first-order valence-electron chi connectivity index (χ1n) is 8.85. The summed E-state index contributed by atoms with van der Waals surface area (Å²) in [6.07, 6.45) is 4.20. The van der Waals surface area contributed by atoms with Crippen molar-refractivity contribution in [2.45, 2.75) is 18.9 Å². The lowest BCUT2D eigenvalue weighted by Crippen LogP contribution is -2.29. The van der Waals surface area contributed by atoms with Gasteiger partial charge in [0.05, 0.1) is 11.6 Å². The molecule has 2 aromatic rings. The van der Waals surface area contributed by atoms with E-state index in [9.17, 15) is 4.79 Å². The minimum Gasteiger partial charge on any atom is -0.362 e. The van der Waals surface area contributed by atoms with E-state index in [1.807, 2.05) is 18.2 Å². The van der Waals surface area contributed by atoms with E-state index in [0.717, 1.165) is 25.5 Å². The molecule has 1 saturated heterocycles. The van der Waals surface area contributed by atoms with E-state index < -0.39 is 0 Å². The smallest absolute Gasteiger partial charge is 0.254 e. The number of hydrogen-bond donors (Lipinski definition) is 1. The van der Waals surface area contributed by atoms with Gasteiger partial charge in [-0.3, -0.25) is 4.79 Å². The van der Waals surface area contributed by atoms with Crippen molar-refractivity contribution in [3.8, 4) is 0 Å². The molecule has 1 amide bonds. The van der Waals surface area contributed by atoms with E-state index in [2.05, 4.69) is 39.5 Å². The minimum absolute atomic E-state index is 0.0317. The maximum Gasteiger partial charge on any atom is 0.254 e. The molecule has 5 heteroatoms. The van der Waals surface area contributed by atoms with E-state index in [0.29, 0.717) is 5.56 Å². The summed E-state index contributed by atoms with van der Waals surface area (Å²) in [6, 6.07) is 14.4. The van der Waals surface area contributed by atoms with Crippen LogP contribution in [0.5, 0.6) is 0 Å². The summed E-state index contributed by atoms with van der Waals surface area (Å²) in [6.45, 7) is 3.29. The lowest BCUT2D eigenvalue weighted by molar-refractivity contribution is 0.0827. The Bertz CT molecular complexity index is 679. The van der Waals surface area contributed by atoms with Gasteiger partial charge in [-0.2, -0.15) is 0 Å². The van der Waals surface area contributed by atoms with Gasteiger partial charge in [0.2, 0.25) is 0 Å². The first-order chi connectivity index (χ1) is 12.1. The molecule has 1 aliphatic rings. The van der Waals surface area contributed by atoms with Crippen LogP contribution in [0.25, 0.3) is 0 Å². The number of likely N-dealkylation sites (tertiary alicyclic amines) is 1. The second-order valence-corrected chi connectivity index (χ2v) is 6.75. The predicted molar refractivity (Wildman–Crippen MR) is 101 cm³/mol. The third kappa shape index (κ3) is 4.57. The Labute approximate surface area is 149 Å². The van der Waals surface area contributed by atoms with Gasteiger partial charge >= 0.3 is 0 Å². The number of carbonyl (C=O) groups excluding carboxylic acids is 1. The second-order valence-electron chi connectivity index (χ2n) is 6.75. The molecule has 1 aliphatic heterocycles. The van der Waals surface area contributed by atoms with Crippen LogP contribution >= 0.6 is 0 Å². The Morgan fingerprint density at radius 1 is 1.16 bits per heavy atom. The summed E-state index contributed by atoms with van der Waals surface area (Å²) in [7, 11) is 3.49. The van der Waals surface area contributed by atoms with Crippen LogP contribution in [0, 0.1) is 0 Å². The van der Waals surface area contributed by atoms with E-state index >= 15 is 0 Å². The summed E-state index contributed by atoms with van der Waals surface area (Å²) < 4.78 is 0. The van der Waals surface area contributed by atoms with Gasteiger partial charge in [-0.05, 0) is 43.6 Å². The number of pyridine rings is 1. The van der Waals surface area contributed by atoms with Crippen LogP contribution < -0.4 is 5.32 Å². The number of nitrogens with one attached hydrogen (secondary N) is 1. The van der Waals surface area contributed by atoms with Crippen LogP contribution in [0.15, 0.2) is 48.7 Å². The summed E-state index contributed by atoms with van der Waals surface area (Å²) >= 11 is 0. The normalized spacial score (nSPS) is 15.8. The van der Waals surface area contributed by atoms with Gasteiger partial charge in [0, 0.05) is 26.8 Å². The van der Waals surface area contributed by atoms with Gasteiger partial charge in [0.15, 0.2) is 0 Å². The number of rotatable bonds is 6. The van der Waals surface area contributed by atoms with Crippen LogP contribution in [-0.4, -0.2) is 54.4 Å². The Morgan fingerprint density at radius 3 is 2.48 bits per heavy atom. The summed E-state index contributed by atoms with van der Waals surface area (Å²) in [4.78, 5) is 20.5. The molecule has 25 heavy (non-hydrogen) atoms. The van der Waals surface area contributed by atoms with Crippen LogP contribution in [0.3, 0.4) is 0 Å². The highest BCUT2D eigenvalue weighted by Crippen LogP contribution is 2.22. The second kappa shape index (κ2) is 8.12. The molecule has 1 fully saturated rings. The standard InChI is InChI=1S/C20H26N4O/c1-23(2)20(25)17-10-11-19(21-14-17)22-18(15-24-12-6-7-13-24)16-8-4-3-5-9-16/h3-5,8-11,14,18H,6-7,12-13,15H2,1-2H3,(H,21,22)/t18-/m1/s1. The Hall–Kier alpha value is -2.40. The molecule has 2 heterocycles. The quantitative estimate of drug-likeness (QED) is 0.879. The van der Waals surface area contributed by atoms with Gasteiger partial charge < -0.3 is 15.1 Å². The monoisotopic (exact) mass is 338 g/mol. The molecule has 0 aliphatic carbocycles. The highest BCUT2D eigenvalue weighted by Gasteiger charge is 2.19. The SMILES string of the molecule is CN(C)C(=O)c1ccc(N[C@H](CN2CCCC2)c2ccccc2)nc1. The van der Waals surface area contributed by atoms with E-state index in [1.54, 1.807) is 25.2 Å². The van der Waals surface area contributed by atoms with Crippen molar-refractivity contribution in [1.82, 2.24) is 14.8 Å². The predicted octanol–water partition coefficient (Wildman–Crippen LogP) is 3.03. The van der Waals surface area contributed by atoms with Crippen LogP contribution in [0.2, 0.25) is 0 Å². The Balaban J connectivity index is 1.74. The summed E-state index contributed by atoms with van der Waals surface area (Å²) in [5, 5.41) is 3.54. The molecule has 1 N–H and O–H groups in total. The third-order valence-electron chi connectivity index (χ3n) is 4.58. The van der Waals surface area contributed by atoms with Gasteiger partial charge in [-0.1, -0.05) is 30.3 Å². The number of aromatic nitrogens is 1. The first kappa shape index (κ1) is 17.4. The topological polar surface area (TPSA) is 48.5 Å². The van der Waals surface area contributed by atoms with E-state index in [-0.39, 0.29) is 11.9 Å². The van der Waals surface area contributed by atoms with Crippen molar-refractivity contribution in [1.29, 1.82) is 0 Å². The number of nitrogens with zero attached hydrogens (tertiary/aromatic N) is 3. The molecule has 0 unspecified atom stereocenters. The van der Waals surface area contributed by atoms with Crippen molar-refractivity contribution in [3.05, 3.63) is 59.8 Å². The largest absolute Gasteiger partial charge is 0.362 e. The molecule has 1 atom stereocenters. The highest BCUT2D eigenvalue weighted by molar-refractivity contribution is 5.93. The van der Waals surface area contributed by atoms with Gasteiger partial charge in [0.1, 0.15) is 5.82 Å². The van der Waals surface area contributed by atoms with E-state index in [4.69, 9.17) is 0 Å². The molecule has 3 rings (SSSR count). The fourth-order valence-corrected chi connectivity index (χ4v) is 3.19. The first-order valence-corrected chi connectivity index (χ1v) is 8.85. The average Bonchev–Trinajstić information content (AvgIpc) is 3.15. The van der Waals surface area contributed by atoms with E-state index in [1.165, 1.54) is 18.4 Å². The summed E-state index contributed by atoms with van der Waals surface area (Å²) in [5.41, 5.74) is 1.86. The molecule has 1 aromatic heterocycles. The highest BCUT2D eigenvalue weighted by atomic mass is 16.2. The van der Waals surface area contributed by atoms with Crippen molar-refractivity contribution >= 4 is 11.7 Å². The molecule has 0 bridgehead atoms. The zero-order valence-corrected chi connectivity index (χ0v) is 15.0. The third-order valence-corrected chi connectivity index (χ3v) is 4.58. The van der Waals surface area contributed by atoms with Crippen molar-refractivity contribution < 1.29 is 4.79 Å². The number of amides is 1. The van der Waals surface area contributed by atoms with Crippen molar-refractivity contribution in [2.24, 2.45) is 0 Å². The van der Waals surface area contributed by atoms with Crippen molar-refractivity contribution in [3.63, 3.8) is 0 Å². The molecule has 5 nitrogen and oxygen atoms in total. The molecule has 1 aromatic carbocycles. The lowest BCUT2D eigenvalue weighted by Gasteiger charge is -2.25. The van der Waals surface area contributed by atoms with Crippen LogP contribution in [0.1, 0.15) is 34.8 Å². The number of benzene rings is 1. The fourth-order valence-electron chi connectivity index (χ4n) is 3.19. The van der Waals surface area contributed by atoms with Gasteiger partial charge in [0.25, 0.3) is 5.91 Å². The Kier molecular flexibility index (Phi) is 5.66. The molecular formula is C20H26N4O. The zero-order chi connectivity index (χ0) is 17.6. The van der Waals surface area contributed by atoms with Crippen LogP contribution in [0.4, 0.5) is 5.82 Å². The zero-order valence-electron chi connectivity index (χ0n) is 15.0. The maximum absolute atomic E-state index is 12.0. The molecule has 0 saturated carbocycles. The number of anilines is 1. The maximum atomic E-state index is 12.0. The molecule has 0 spiro atoms.